The lowest BCUT2D eigenvalue weighted by molar-refractivity contribution is -0.133. The van der Waals surface area contributed by atoms with Crippen LogP contribution in [0.3, 0.4) is 0 Å². The molecule has 33 heavy (non-hydrogen) atoms. The lowest BCUT2D eigenvalue weighted by atomic mass is 9.73. The first-order valence-corrected chi connectivity index (χ1v) is 11.0. The van der Waals surface area contributed by atoms with Crippen molar-refractivity contribution in [2.45, 2.75) is 19.3 Å². The maximum atomic E-state index is 13.5. The number of carbonyl (C=O) groups excluding carboxylic acids is 2. The highest BCUT2D eigenvalue weighted by atomic mass is 16.2. The molecule has 1 aromatic carbocycles. The summed E-state index contributed by atoms with van der Waals surface area (Å²) in [5, 5.41) is 2.99. The fourth-order valence-electron chi connectivity index (χ4n) is 4.50. The summed E-state index contributed by atoms with van der Waals surface area (Å²) in [5.41, 5.74) is 2.68. The van der Waals surface area contributed by atoms with Gasteiger partial charge in [0.25, 0.3) is 5.91 Å². The third-order valence-corrected chi connectivity index (χ3v) is 6.08. The van der Waals surface area contributed by atoms with Crippen LogP contribution in [0.5, 0.6) is 0 Å². The largest absolute Gasteiger partial charge is 0.352 e. The van der Waals surface area contributed by atoms with Gasteiger partial charge in [0.1, 0.15) is 6.33 Å². The SMILES string of the molecule is C=CCNC(=O)[C@]1(Cc2ccccc2-c2cncnc2)CCCN(C(=O)c2cccnc2)C1. The summed E-state index contributed by atoms with van der Waals surface area (Å²) in [4.78, 5) is 40.8. The van der Waals surface area contributed by atoms with Gasteiger partial charge in [-0.3, -0.25) is 14.6 Å². The van der Waals surface area contributed by atoms with Crippen LogP contribution >= 0.6 is 0 Å². The Morgan fingerprint density at radius 1 is 1.09 bits per heavy atom. The molecule has 1 N–H and O–H groups in total. The number of benzene rings is 1. The second-order valence-electron chi connectivity index (χ2n) is 8.31. The minimum atomic E-state index is -0.759. The molecule has 1 atom stereocenters. The summed E-state index contributed by atoms with van der Waals surface area (Å²) in [5.74, 6) is -0.168. The van der Waals surface area contributed by atoms with Crippen molar-refractivity contribution in [1.82, 2.24) is 25.2 Å². The molecule has 1 aliphatic heterocycles. The molecule has 0 bridgehead atoms. The van der Waals surface area contributed by atoms with E-state index < -0.39 is 5.41 Å². The van der Waals surface area contributed by atoms with Gasteiger partial charge in [-0.05, 0) is 42.5 Å². The third-order valence-electron chi connectivity index (χ3n) is 6.08. The van der Waals surface area contributed by atoms with E-state index in [1.165, 1.54) is 6.33 Å². The zero-order valence-corrected chi connectivity index (χ0v) is 18.5. The average Bonchev–Trinajstić information content (AvgIpc) is 2.88. The van der Waals surface area contributed by atoms with Crippen LogP contribution in [0.25, 0.3) is 11.1 Å². The molecule has 0 saturated carbocycles. The van der Waals surface area contributed by atoms with Crippen LogP contribution in [-0.4, -0.2) is 51.3 Å². The zero-order chi connectivity index (χ0) is 23.1. The molecule has 168 valence electrons. The Kier molecular flexibility index (Phi) is 6.88. The molecule has 0 unspecified atom stereocenters. The van der Waals surface area contributed by atoms with E-state index in [1.54, 1.807) is 47.9 Å². The molecule has 3 aromatic rings. The highest BCUT2D eigenvalue weighted by molar-refractivity contribution is 5.94. The van der Waals surface area contributed by atoms with Crippen molar-refractivity contribution in [3.63, 3.8) is 0 Å². The Morgan fingerprint density at radius 2 is 1.91 bits per heavy atom. The molecule has 7 heteroatoms. The number of pyridine rings is 1. The first-order chi connectivity index (χ1) is 16.1. The lowest BCUT2D eigenvalue weighted by Gasteiger charge is -2.42. The number of hydrogen-bond donors (Lipinski definition) is 1. The smallest absolute Gasteiger partial charge is 0.255 e. The van der Waals surface area contributed by atoms with Gasteiger partial charge in [0, 0.05) is 50.0 Å². The van der Waals surface area contributed by atoms with E-state index in [-0.39, 0.29) is 11.8 Å². The second-order valence-corrected chi connectivity index (χ2v) is 8.31. The fourth-order valence-corrected chi connectivity index (χ4v) is 4.50. The zero-order valence-electron chi connectivity index (χ0n) is 18.5. The Labute approximate surface area is 193 Å². The lowest BCUT2D eigenvalue weighted by Crippen LogP contribution is -2.54. The standard InChI is InChI=1S/C26H27N5O2/c1-2-11-30-25(33)26(10-6-13-31(18-26)24(32)21-8-5-12-27-15-21)14-20-7-3-4-9-23(20)22-16-28-19-29-17-22/h2-5,7-9,12,15-17,19H,1,6,10-11,13-14,18H2,(H,30,33)/t26-/m0/s1. The molecule has 4 rings (SSSR count). The van der Waals surface area contributed by atoms with Crippen LogP contribution in [0.15, 0.2) is 80.2 Å². The van der Waals surface area contributed by atoms with Crippen LogP contribution in [-0.2, 0) is 11.2 Å². The molecule has 0 aliphatic carbocycles. The maximum absolute atomic E-state index is 13.5. The normalized spacial score (nSPS) is 17.9. The fraction of sp³-hybridized carbons (Fsp3) is 0.269. The molecule has 0 spiro atoms. The van der Waals surface area contributed by atoms with Gasteiger partial charge in [0.15, 0.2) is 0 Å². The molecule has 1 saturated heterocycles. The summed E-state index contributed by atoms with van der Waals surface area (Å²) < 4.78 is 0. The van der Waals surface area contributed by atoms with Gasteiger partial charge >= 0.3 is 0 Å². The monoisotopic (exact) mass is 441 g/mol. The van der Waals surface area contributed by atoms with Crippen LogP contribution in [0.4, 0.5) is 0 Å². The van der Waals surface area contributed by atoms with Crippen molar-refractivity contribution in [2.75, 3.05) is 19.6 Å². The van der Waals surface area contributed by atoms with Crippen molar-refractivity contribution in [3.05, 3.63) is 91.3 Å². The summed E-state index contributed by atoms with van der Waals surface area (Å²) >= 11 is 0. The molecular weight excluding hydrogens is 414 g/mol. The molecular formula is C26H27N5O2. The Morgan fingerprint density at radius 3 is 2.67 bits per heavy atom. The van der Waals surface area contributed by atoms with Crippen molar-refractivity contribution < 1.29 is 9.59 Å². The van der Waals surface area contributed by atoms with E-state index in [1.807, 2.05) is 24.3 Å². The maximum Gasteiger partial charge on any atom is 0.255 e. The van der Waals surface area contributed by atoms with Crippen molar-refractivity contribution in [1.29, 1.82) is 0 Å². The van der Waals surface area contributed by atoms with Crippen molar-refractivity contribution >= 4 is 11.8 Å². The van der Waals surface area contributed by atoms with E-state index in [2.05, 4.69) is 26.8 Å². The Balaban J connectivity index is 1.68. The average molecular weight is 442 g/mol. The van der Waals surface area contributed by atoms with Gasteiger partial charge in [-0.1, -0.05) is 30.3 Å². The van der Waals surface area contributed by atoms with Gasteiger partial charge in [0.05, 0.1) is 11.0 Å². The van der Waals surface area contributed by atoms with Crippen molar-refractivity contribution in [3.8, 4) is 11.1 Å². The summed E-state index contributed by atoms with van der Waals surface area (Å²) in [7, 11) is 0. The summed E-state index contributed by atoms with van der Waals surface area (Å²) in [6.07, 6.45) is 11.9. The molecule has 0 radical (unpaired) electrons. The Hall–Kier alpha value is -3.87. The highest BCUT2D eigenvalue weighted by Gasteiger charge is 2.43. The van der Waals surface area contributed by atoms with Gasteiger partial charge in [0.2, 0.25) is 5.91 Å². The molecule has 3 heterocycles. The molecule has 2 aromatic heterocycles. The van der Waals surface area contributed by atoms with Gasteiger partial charge in [-0.15, -0.1) is 6.58 Å². The van der Waals surface area contributed by atoms with Crippen LogP contribution in [0, 0.1) is 5.41 Å². The predicted octanol–water partition coefficient (Wildman–Crippen LogP) is 3.31. The first-order valence-electron chi connectivity index (χ1n) is 11.0. The number of piperidine rings is 1. The molecule has 2 amide bonds. The number of nitrogens with zero attached hydrogens (tertiary/aromatic N) is 4. The van der Waals surface area contributed by atoms with Gasteiger partial charge in [-0.25, -0.2) is 9.97 Å². The quantitative estimate of drug-likeness (QED) is 0.569. The van der Waals surface area contributed by atoms with E-state index >= 15 is 0 Å². The number of likely N-dealkylation sites (tertiary alicyclic amines) is 1. The van der Waals surface area contributed by atoms with Crippen LogP contribution < -0.4 is 5.32 Å². The van der Waals surface area contributed by atoms with E-state index in [4.69, 9.17) is 0 Å². The minimum Gasteiger partial charge on any atom is -0.352 e. The summed E-state index contributed by atoms with van der Waals surface area (Å²) in [6, 6.07) is 11.5. The third kappa shape index (κ3) is 4.98. The van der Waals surface area contributed by atoms with Crippen LogP contribution in [0.2, 0.25) is 0 Å². The van der Waals surface area contributed by atoms with E-state index in [9.17, 15) is 9.59 Å². The number of rotatable bonds is 7. The topological polar surface area (TPSA) is 88.1 Å². The first kappa shape index (κ1) is 22.3. The number of carbonyl (C=O) groups is 2. The molecule has 7 nitrogen and oxygen atoms in total. The highest BCUT2D eigenvalue weighted by Crippen LogP contribution is 2.37. The van der Waals surface area contributed by atoms with Gasteiger partial charge < -0.3 is 10.2 Å². The molecule has 1 aliphatic rings. The summed E-state index contributed by atoms with van der Waals surface area (Å²) in [6.45, 7) is 5.05. The van der Waals surface area contributed by atoms with Crippen LogP contribution in [0.1, 0.15) is 28.8 Å². The van der Waals surface area contributed by atoms with E-state index in [0.717, 1.165) is 23.1 Å². The number of amides is 2. The van der Waals surface area contributed by atoms with Gasteiger partial charge in [-0.2, -0.15) is 0 Å². The Bertz CT molecular complexity index is 1120. The second kappa shape index (κ2) is 10.2. The van der Waals surface area contributed by atoms with E-state index in [0.29, 0.717) is 38.0 Å². The number of aromatic nitrogens is 3. The molecule has 1 fully saturated rings. The minimum absolute atomic E-state index is 0.0646. The van der Waals surface area contributed by atoms with Crippen molar-refractivity contribution in [2.24, 2.45) is 5.41 Å². The predicted molar refractivity (Wildman–Crippen MR) is 126 cm³/mol. The number of hydrogen-bond acceptors (Lipinski definition) is 5. The number of nitrogens with one attached hydrogen (secondary N) is 1.